The molecule has 7 N–H and O–H groups in total. The van der Waals surface area contributed by atoms with Gasteiger partial charge in [0.2, 0.25) is 0 Å². The number of ether oxygens (including phenoxy) is 1. The molecule has 692 valence electrons. The van der Waals surface area contributed by atoms with E-state index >= 15 is 0 Å². The molecule has 14 aromatic rings. The van der Waals surface area contributed by atoms with E-state index in [0.29, 0.717) is 93.3 Å². The van der Waals surface area contributed by atoms with Gasteiger partial charge < -0.3 is 40.5 Å². The topological polar surface area (TPSA) is 477 Å². The van der Waals surface area contributed by atoms with Crippen molar-refractivity contribution in [3.8, 4) is 11.1 Å². The zero-order valence-corrected chi connectivity index (χ0v) is 75.7. The molecule has 17 rings (SSSR count). The summed E-state index contributed by atoms with van der Waals surface area (Å²) >= 11 is 3.57. The fraction of sp³-hybridized carbons (Fsp3) is 0.317. The summed E-state index contributed by atoms with van der Waals surface area (Å²) in [4.78, 5) is 148. The lowest BCUT2D eigenvalue weighted by Gasteiger charge is -2.20. The maximum Gasteiger partial charge on any atom is 0.191 e. The minimum absolute atomic E-state index is 0.159. The number of aryl methyl sites for hydroxylation is 8. The molecule has 2 saturated carbocycles. The van der Waals surface area contributed by atoms with Crippen molar-refractivity contribution in [2.24, 2.45) is 11.8 Å². The fourth-order valence-electron chi connectivity index (χ4n) is 14.0. The second-order valence-electron chi connectivity index (χ2n) is 31.7. The Hall–Kier alpha value is -13.5. The number of rotatable bonds is 34. The highest BCUT2D eigenvalue weighted by Crippen LogP contribution is 2.53. The summed E-state index contributed by atoms with van der Waals surface area (Å²) < 4.78 is 6.61. The molecule has 11 aromatic heterocycles. The van der Waals surface area contributed by atoms with E-state index < -0.39 is 46.2 Å². The second-order valence-corrected chi connectivity index (χ2v) is 33.8. The van der Waals surface area contributed by atoms with Crippen molar-refractivity contribution in [2.75, 3.05) is 59.5 Å². The number of hydrogen-bond donors (Lipinski definition) is 7. The van der Waals surface area contributed by atoms with Crippen LogP contribution < -0.4 is 0 Å². The number of nitrogens with zero attached hydrogens (tertiary/aromatic N) is 16. The van der Waals surface area contributed by atoms with Crippen LogP contribution in [0, 0.1) is 11.8 Å². The smallest absolute Gasteiger partial charge is 0.191 e. The average molecular weight is 1850 g/mol. The number of carbonyl (C=O) groups is 7. The molecule has 0 amide bonds. The van der Waals surface area contributed by atoms with Crippen LogP contribution in [0.25, 0.3) is 21.2 Å². The van der Waals surface area contributed by atoms with Gasteiger partial charge in [-0.1, -0.05) is 123 Å². The highest BCUT2D eigenvalue weighted by atomic mass is 32.1. The van der Waals surface area contributed by atoms with Gasteiger partial charge in [0, 0.05) is 189 Å². The molecule has 3 aromatic carbocycles. The number of pyridine rings is 2. The van der Waals surface area contributed by atoms with Gasteiger partial charge in [0.15, 0.2) is 40.5 Å². The van der Waals surface area contributed by atoms with Gasteiger partial charge in [-0.2, -0.15) is 0 Å². The normalized spacial score (nSPS) is 13.0. The SMILES string of the molecule is O=C(CO)c1cnc(CC2(c3cc4ccccc4s3)CC2)nc1.O=C(CO)c1cnc(CC2CCCCC2)nc1.O=C(CO)c1cnc(CC2CCOCC2)nc1.O=C(CO)c1cnc(CCc2ccc(-c3ccccc3)cc2)nc1.O=C(CO)c1cnc(CCc2ccccn2)nc1.O=C(CO)c1cnc(CCc2cccnc2)nc1.O=C(CO)c1cnc(CCc2cccs2)nc1. The molecule has 1 saturated heterocycles. The Morgan fingerprint density at radius 1 is 0.336 bits per heavy atom. The molecule has 1 aliphatic heterocycles. The molecule has 3 aliphatic rings. The molecule has 0 radical (unpaired) electrons. The summed E-state index contributed by atoms with van der Waals surface area (Å²) in [5, 5.41) is 64.5. The van der Waals surface area contributed by atoms with E-state index in [9.17, 15) is 33.6 Å². The van der Waals surface area contributed by atoms with Gasteiger partial charge in [-0.3, -0.25) is 43.5 Å². The maximum atomic E-state index is 11.4. The van der Waals surface area contributed by atoms with Crippen LogP contribution in [0.5, 0.6) is 0 Å². The van der Waals surface area contributed by atoms with Crippen LogP contribution in [-0.2, 0) is 80.8 Å². The van der Waals surface area contributed by atoms with Crippen molar-refractivity contribution >= 4 is 73.2 Å². The molecule has 134 heavy (non-hydrogen) atoms. The number of aromatic nitrogens is 16. The molecule has 33 heteroatoms. The number of hydrogen-bond acceptors (Lipinski definition) is 33. The predicted octanol–water partition coefficient (Wildman–Crippen LogP) is 11.8. The first kappa shape index (κ1) is 101. The lowest BCUT2D eigenvalue weighted by molar-refractivity contribution is 0.0659. The predicted molar refractivity (Wildman–Crippen MR) is 502 cm³/mol. The Labute approximate surface area is 783 Å². The lowest BCUT2D eigenvalue weighted by Crippen LogP contribution is -2.18. The summed E-state index contributed by atoms with van der Waals surface area (Å²) in [6.45, 7) is -1.91. The minimum atomic E-state index is -0.517. The third kappa shape index (κ3) is 33.1. The van der Waals surface area contributed by atoms with Crippen LogP contribution in [0.3, 0.4) is 0 Å². The van der Waals surface area contributed by atoms with Crippen LogP contribution in [0.15, 0.2) is 238 Å². The summed E-state index contributed by atoms with van der Waals surface area (Å²) in [6, 6.07) is 43.2. The maximum absolute atomic E-state index is 11.4. The van der Waals surface area contributed by atoms with E-state index in [1.54, 1.807) is 23.7 Å². The van der Waals surface area contributed by atoms with Gasteiger partial charge in [-0.25, -0.2) is 69.8 Å². The van der Waals surface area contributed by atoms with Gasteiger partial charge in [-0.15, -0.1) is 22.7 Å². The molecule has 0 bridgehead atoms. The number of aliphatic hydroxyl groups excluding tert-OH is 7. The van der Waals surface area contributed by atoms with Crippen molar-refractivity contribution in [3.63, 3.8) is 0 Å². The summed E-state index contributed by atoms with van der Waals surface area (Å²) in [6.07, 6.45) is 45.6. The molecule has 31 nitrogen and oxygen atoms in total. The number of thiophene rings is 2. The molecule has 2 aliphatic carbocycles. The number of aliphatic hydroxyl groups is 7. The highest BCUT2D eigenvalue weighted by Gasteiger charge is 2.46. The quantitative estimate of drug-likeness (QED) is 0.0184. The average Bonchev–Trinajstić information content (AvgIpc) is 1.59. The van der Waals surface area contributed by atoms with Crippen molar-refractivity contribution in [1.29, 1.82) is 0 Å². The van der Waals surface area contributed by atoms with Crippen LogP contribution in [0.1, 0.15) is 198 Å². The Balaban J connectivity index is 0.000000151. The Morgan fingerprint density at radius 2 is 0.731 bits per heavy atom. The molecule has 0 atom stereocenters. The summed E-state index contributed by atoms with van der Waals surface area (Å²) in [5.41, 5.74) is 8.36. The lowest BCUT2D eigenvalue weighted by atomic mass is 9.87. The van der Waals surface area contributed by atoms with E-state index in [-0.39, 0.29) is 45.9 Å². The molecular formula is C101H106N16O15S2. The monoisotopic (exact) mass is 1850 g/mol. The molecule has 0 spiro atoms. The standard InChI is InChI=1S/C20H18N2O2.C18H16N2O2S.2C13H13N3O2.C13H18N2O2.C12H16N2O3.C12H12N2O2S/c23-14-19(24)18-12-21-20(22-13-18)11-8-15-6-9-17(10-7-15)16-4-2-1-3-5-16;21-11-14(22)13-9-19-17(20-10-13)8-18(5-6-18)16-7-12-3-1-2-4-15(12)23-16;17-9-12(18)11-7-15-13(16-8-11)4-3-10-2-1-5-14-6-10;17-9-12(18)10-7-15-13(16-8-10)5-4-11-3-1-2-6-14-11;16-9-12(17)11-7-14-13(15-8-11)6-10-4-2-1-3-5-10;15-8-11(16)10-6-13-12(14-7-10)5-9-1-3-17-4-2-9;15-8-11(16)9-6-13-12(14-7-9)4-3-10-2-1-5-17-10/h1-7,9-10,12-13,23H,8,11,14H2;1-4,7,9-10,21H,5-6,8,11H2;1-2,5-8,17H,3-4,9H2;1-3,6-8,17H,4-5,9H2;7-8,10,16H,1-6,9H2;6-7,9,15H,1-5,8H2;1-2,5-7,15H,3-4,8H2. The van der Waals surface area contributed by atoms with Crippen molar-refractivity contribution in [1.82, 2.24) is 79.7 Å². The van der Waals surface area contributed by atoms with Gasteiger partial charge in [-0.05, 0) is 133 Å². The van der Waals surface area contributed by atoms with Crippen molar-refractivity contribution in [2.45, 2.75) is 134 Å². The van der Waals surface area contributed by atoms with Crippen LogP contribution in [0.2, 0.25) is 0 Å². The zero-order valence-electron chi connectivity index (χ0n) is 74.0. The van der Waals surface area contributed by atoms with E-state index in [4.69, 9.17) is 40.5 Å². The molecule has 3 fully saturated rings. The van der Waals surface area contributed by atoms with Crippen molar-refractivity contribution in [3.05, 3.63) is 344 Å². The van der Waals surface area contributed by atoms with Crippen LogP contribution >= 0.6 is 22.7 Å². The van der Waals surface area contributed by atoms with E-state index in [0.717, 1.165) is 119 Å². The molecule has 12 heterocycles. The number of ketones is 7. The summed E-state index contributed by atoms with van der Waals surface area (Å²) in [5.74, 6) is 3.87. The van der Waals surface area contributed by atoms with Crippen molar-refractivity contribution < 1.29 is 74.0 Å². The van der Waals surface area contributed by atoms with E-state index in [1.165, 1.54) is 155 Å². The Kier molecular flexibility index (Phi) is 41.1. The van der Waals surface area contributed by atoms with Gasteiger partial charge in [0.25, 0.3) is 0 Å². The first-order valence-electron chi connectivity index (χ1n) is 44.1. The number of carbonyl (C=O) groups excluding carboxylic acids is 7. The fourth-order valence-corrected chi connectivity index (χ4v) is 16.1. The van der Waals surface area contributed by atoms with Gasteiger partial charge >= 0.3 is 0 Å². The van der Waals surface area contributed by atoms with Gasteiger partial charge in [0.1, 0.15) is 87.0 Å². The first-order chi connectivity index (χ1) is 65.4. The number of fused-ring (bicyclic) bond motifs is 1. The van der Waals surface area contributed by atoms with Crippen LogP contribution in [0.4, 0.5) is 0 Å². The van der Waals surface area contributed by atoms with E-state index in [2.05, 4.69) is 153 Å². The number of benzene rings is 3. The molecule has 0 unspecified atom stereocenters. The van der Waals surface area contributed by atoms with E-state index in [1.807, 2.05) is 77.5 Å². The van der Waals surface area contributed by atoms with Crippen LogP contribution in [-0.4, -0.2) is 215 Å². The van der Waals surface area contributed by atoms with Gasteiger partial charge in [0.05, 0.1) is 38.9 Å². The Bertz CT molecular complexity index is 5730. The summed E-state index contributed by atoms with van der Waals surface area (Å²) in [7, 11) is 0. The third-order valence-corrected chi connectivity index (χ3v) is 24.4. The Morgan fingerprint density at radius 3 is 1.13 bits per heavy atom. The zero-order chi connectivity index (χ0) is 94.5. The molecular weight excluding hydrogens is 1740 g/mol. The first-order valence-corrected chi connectivity index (χ1v) is 45.8. The third-order valence-electron chi connectivity index (χ3n) is 22.1. The minimum Gasteiger partial charge on any atom is -0.388 e. The largest absolute Gasteiger partial charge is 0.388 e. The second kappa shape index (κ2) is 54.5. The highest BCUT2D eigenvalue weighted by molar-refractivity contribution is 7.19. The number of Topliss-reactive ketones (excluding diaryl/α,β-unsaturated/α-hetero) is 7.